The first-order valence-electron chi connectivity index (χ1n) is 11.0. The van der Waals surface area contributed by atoms with Crippen LogP contribution in [0, 0.1) is 12.3 Å². The number of likely N-dealkylation sites (N-methyl/N-ethyl adjacent to an activating group) is 1. The van der Waals surface area contributed by atoms with Gasteiger partial charge in [-0.1, -0.05) is 5.92 Å². The molecule has 0 bridgehead atoms. The van der Waals surface area contributed by atoms with Crippen molar-refractivity contribution in [2.24, 2.45) is 0 Å². The lowest BCUT2D eigenvalue weighted by atomic mass is 10.1. The van der Waals surface area contributed by atoms with E-state index in [-0.39, 0.29) is 23.9 Å². The van der Waals surface area contributed by atoms with Gasteiger partial charge in [-0.05, 0) is 31.3 Å². The summed E-state index contributed by atoms with van der Waals surface area (Å²) in [7, 11) is 2.14. The molecule has 9 heteroatoms. The number of anilines is 3. The van der Waals surface area contributed by atoms with Crippen LogP contribution in [-0.2, 0) is 4.79 Å². The number of fused-ring (bicyclic) bond motifs is 1. The number of nitrogens with one attached hydrogen (secondary N) is 2. The molecule has 5 rings (SSSR count). The quantitative estimate of drug-likeness (QED) is 0.588. The summed E-state index contributed by atoms with van der Waals surface area (Å²) < 4.78 is 1.54. The van der Waals surface area contributed by atoms with Gasteiger partial charge in [-0.2, -0.15) is 4.98 Å². The smallest absolute Gasteiger partial charge is 0.253 e. The minimum atomic E-state index is -0.315. The molecule has 1 amide bonds. The van der Waals surface area contributed by atoms with Crippen LogP contribution < -0.4 is 21.1 Å². The minimum Gasteiger partial charge on any atom is -0.369 e. The highest BCUT2D eigenvalue weighted by molar-refractivity contribution is 5.84. The van der Waals surface area contributed by atoms with Crippen LogP contribution in [0.1, 0.15) is 18.0 Å². The molecule has 2 aromatic heterocycles. The average Bonchev–Trinajstić information content (AvgIpc) is 3.25. The molecule has 2 aliphatic rings. The number of benzene rings is 1. The van der Waals surface area contributed by atoms with Crippen molar-refractivity contribution in [1.82, 2.24) is 24.8 Å². The SMILES string of the molecule is C#Cc1cc(=O)n(C2CNC(=O)C2)c2nc(Nc3ccc(N4CCN(C)CC4)cc3)ncc12. The lowest BCUT2D eigenvalue weighted by molar-refractivity contribution is -0.119. The molecule has 1 aromatic carbocycles. The van der Waals surface area contributed by atoms with Crippen molar-refractivity contribution in [1.29, 1.82) is 0 Å². The molecule has 4 heterocycles. The fourth-order valence-corrected chi connectivity index (χ4v) is 4.38. The molecular weight excluding hydrogens is 418 g/mol. The van der Waals surface area contributed by atoms with Crippen molar-refractivity contribution in [2.45, 2.75) is 12.5 Å². The van der Waals surface area contributed by atoms with Crippen LogP contribution in [0.2, 0.25) is 0 Å². The Morgan fingerprint density at radius 3 is 2.58 bits per heavy atom. The van der Waals surface area contributed by atoms with E-state index in [0.717, 1.165) is 31.9 Å². The number of amides is 1. The van der Waals surface area contributed by atoms with E-state index >= 15 is 0 Å². The third-order valence-electron chi connectivity index (χ3n) is 6.26. The van der Waals surface area contributed by atoms with Gasteiger partial charge in [0.1, 0.15) is 5.65 Å². The van der Waals surface area contributed by atoms with Gasteiger partial charge in [-0.15, -0.1) is 6.42 Å². The van der Waals surface area contributed by atoms with Crippen molar-refractivity contribution in [3.05, 3.63) is 52.4 Å². The first kappa shape index (κ1) is 21.0. The summed E-state index contributed by atoms with van der Waals surface area (Å²) in [5, 5.41) is 6.60. The third-order valence-corrected chi connectivity index (χ3v) is 6.26. The fraction of sp³-hybridized carbons (Fsp3) is 0.333. The van der Waals surface area contributed by atoms with Gasteiger partial charge < -0.3 is 20.4 Å². The zero-order valence-electron chi connectivity index (χ0n) is 18.4. The number of terminal acetylenes is 1. The maximum Gasteiger partial charge on any atom is 0.253 e. The van der Waals surface area contributed by atoms with Gasteiger partial charge >= 0.3 is 0 Å². The number of hydrogen-bond donors (Lipinski definition) is 2. The van der Waals surface area contributed by atoms with E-state index < -0.39 is 0 Å². The number of nitrogens with zero attached hydrogens (tertiary/aromatic N) is 5. The summed E-state index contributed by atoms with van der Waals surface area (Å²) in [6, 6.07) is 9.23. The van der Waals surface area contributed by atoms with E-state index in [1.165, 1.54) is 16.3 Å². The highest BCUT2D eigenvalue weighted by Gasteiger charge is 2.26. The molecule has 0 spiro atoms. The minimum absolute atomic E-state index is 0.0890. The van der Waals surface area contributed by atoms with Crippen LogP contribution in [0.3, 0.4) is 0 Å². The molecule has 3 aromatic rings. The highest BCUT2D eigenvalue weighted by Crippen LogP contribution is 2.24. The van der Waals surface area contributed by atoms with E-state index in [1.54, 1.807) is 6.20 Å². The molecule has 2 aliphatic heterocycles. The van der Waals surface area contributed by atoms with E-state index in [4.69, 9.17) is 6.42 Å². The zero-order chi connectivity index (χ0) is 22.9. The molecule has 0 aliphatic carbocycles. The largest absolute Gasteiger partial charge is 0.369 e. The maximum atomic E-state index is 12.8. The maximum absolute atomic E-state index is 12.8. The number of aromatic nitrogens is 3. The summed E-state index contributed by atoms with van der Waals surface area (Å²) in [4.78, 5) is 38.3. The number of rotatable bonds is 4. The highest BCUT2D eigenvalue weighted by atomic mass is 16.2. The van der Waals surface area contributed by atoms with Crippen molar-refractivity contribution in [2.75, 3.05) is 50.0 Å². The molecular formula is C24H25N7O2. The summed E-state index contributed by atoms with van der Waals surface area (Å²) in [5.74, 6) is 2.81. The molecule has 0 saturated carbocycles. The lowest BCUT2D eigenvalue weighted by Gasteiger charge is -2.34. The standard InChI is InChI=1S/C24H25N7O2/c1-3-16-12-22(33)31(19-13-21(32)25-14-19)23-20(16)15-26-24(28-23)27-17-4-6-18(7-5-17)30-10-8-29(2)9-11-30/h1,4-7,12,15,19H,8-11,13-14H2,2H3,(H,25,32)(H,26,27,28). The summed E-state index contributed by atoms with van der Waals surface area (Å²) in [6.45, 7) is 4.49. The molecule has 1 atom stereocenters. The van der Waals surface area contributed by atoms with Gasteiger partial charge in [0, 0.05) is 68.3 Å². The fourth-order valence-electron chi connectivity index (χ4n) is 4.38. The van der Waals surface area contributed by atoms with Crippen LogP contribution in [0.4, 0.5) is 17.3 Å². The normalized spacial score (nSPS) is 18.8. The van der Waals surface area contributed by atoms with E-state index in [9.17, 15) is 9.59 Å². The lowest BCUT2D eigenvalue weighted by Crippen LogP contribution is -2.44. The first-order chi connectivity index (χ1) is 16.0. The number of carbonyl (C=O) groups excluding carboxylic acids is 1. The Hall–Kier alpha value is -3.90. The van der Waals surface area contributed by atoms with Gasteiger partial charge in [-0.25, -0.2) is 4.98 Å². The monoisotopic (exact) mass is 443 g/mol. The number of hydrogen-bond acceptors (Lipinski definition) is 7. The molecule has 0 radical (unpaired) electrons. The van der Waals surface area contributed by atoms with Crippen molar-refractivity contribution in [3.8, 4) is 12.3 Å². The Labute approximate surface area is 191 Å². The van der Waals surface area contributed by atoms with Gasteiger partial charge in [0.25, 0.3) is 5.56 Å². The molecule has 168 valence electrons. The second kappa shape index (κ2) is 8.56. The Morgan fingerprint density at radius 2 is 1.91 bits per heavy atom. The van der Waals surface area contributed by atoms with Crippen molar-refractivity contribution < 1.29 is 4.79 Å². The molecule has 2 saturated heterocycles. The van der Waals surface area contributed by atoms with Crippen LogP contribution in [0.5, 0.6) is 0 Å². The van der Waals surface area contributed by atoms with Crippen LogP contribution in [-0.4, -0.2) is 65.1 Å². The van der Waals surface area contributed by atoms with Gasteiger partial charge in [-0.3, -0.25) is 14.2 Å². The van der Waals surface area contributed by atoms with Crippen molar-refractivity contribution in [3.63, 3.8) is 0 Å². The summed E-state index contributed by atoms with van der Waals surface area (Å²) in [6.07, 6.45) is 7.46. The number of piperazine rings is 1. The Balaban J connectivity index is 1.45. The first-order valence-corrected chi connectivity index (χ1v) is 11.0. The Morgan fingerprint density at radius 1 is 1.15 bits per heavy atom. The van der Waals surface area contributed by atoms with Gasteiger partial charge in [0.15, 0.2) is 0 Å². The molecule has 9 nitrogen and oxygen atoms in total. The molecule has 2 fully saturated rings. The van der Waals surface area contributed by atoms with Crippen LogP contribution >= 0.6 is 0 Å². The van der Waals surface area contributed by atoms with Crippen molar-refractivity contribution >= 4 is 34.3 Å². The van der Waals surface area contributed by atoms with Crippen LogP contribution in [0.25, 0.3) is 11.0 Å². The summed E-state index contributed by atoms with van der Waals surface area (Å²) >= 11 is 0. The van der Waals surface area contributed by atoms with Gasteiger partial charge in [0.2, 0.25) is 11.9 Å². The topological polar surface area (TPSA) is 95.4 Å². The average molecular weight is 444 g/mol. The summed E-state index contributed by atoms with van der Waals surface area (Å²) in [5.41, 5.74) is 2.60. The molecule has 2 N–H and O–H groups in total. The zero-order valence-corrected chi connectivity index (χ0v) is 18.4. The second-order valence-electron chi connectivity index (χ2n) is 8.47. The Kier molecular flexibility index (Phi) is 5.44. The third kappa shape index (κ3) is 4.13. The molecule has 33 heavy (non-hydrogen) atoms. The predicted octanol–water partition coefficient (Wildman–Crippen LogP) is 1.33. The van der Waals surface area contributed by atoms with E-state index in [2.05, 4.69) is 55.5 Å². The van der Waals surface area contributed by atoms with Gasteiger partial charge in [0.05, 0.1) is 11.4 Å². The number of carbonyl (C=O) groups is 1. The Bertz CT molecular complexity index is 1300. The van der Waals surface area contributed by atoms with E-state index in [1.807, 2.05) is 12.1 Å². The predicted molar refractivity (Wildman–Crippen MR) is 128 cm³/mol. The van der Waals surface area contributed by atoms with Crippen LogP contribution in [0.15, 0.2) is 41.3 Å². The number of pyridine rings is 1. The van der Waals surface area contributed by atoms with E-state index in [0.29, 0.717) is 29.1 Å². The molecule has 1 unspecified atom stereocenters. The second-order valence-corrected chi connectivity index (χ2v) is 8.47.